The van der Waals surface area contributed by atoms with E-state index >= 15 is 0 Å². The highest BCUT2D eigenvalue weighted by Gasteiger charge is 2.44. The minimum Gasteiger partial charge on any atom is -0.497 e. The molecule has 2 heterocycles. The molecule has 2 saturated heterocycles. The summed E-state index contributed by atoms with van der Waals surface area (Å²) in [6, 6.07) is 11.3. The number of rotatable bonds is 5. The van der Waals surface area contributed by atoms with Crippen LogP contribution in [-0.4, -0.2) is 54.4 Å². The van der Waals surface area contributed by atoms with Gasteiger partial charge in [-0.2, -0.15) is 0 Å². The summed E-state index contributed by atoms with van der Waals surface area (Å²) < 4.78 is 18.5. The van der Waals surface area contributed by atoms with Crippen LogP contribution in [0.15, 0.2) is 48.5 Å². The van der Waals surface area contributed by atoms with Crippen molar-refractivity contribution in [3.05, 3.63) is 65.5 Å². The number of benzene rings is 2. The van der Waals surface area contributed by atoms with Crippen molar-refractivity contribution in [3.8, 4) is 5.75 Å². The van der Waals surface area contributed by atoms with Crippen LogP contribution < -0.4 is 15.4 Å². The van der Waals surface area contributed by atoms with Crippen molar-refractivity contribution in [3.63, 3.8) is 0 Å². The molecule has 2 aromatic carbocycles. The van der Waals surface area contributed by atoms with Gasteiger partial charge in [-0.3, -0.25) is 14.4 Å². The molecular formula is C23H24FN3O4. The zero-order valence-corrected chi connectivity index (χ0v) is 17.1. The fourth-order valence-electron chi connectivity index (χ4n) is 4.17. The van der Waals surface area contributed by atoms with Crippen molar-refractivity contribution in [1.29, 1.82) is 0 Å². The number of carbonyl (C=O) groups is 3. The van der Waals surface area contributed by atoms with Gasteiger partial charge in [0.25, 0.3) is 5.91 Å². The molecule has 0 spiro atoms. The van der Waals surface area contributed by atoms with E-state index in [1.54, 1.807) is 12.0 Å². The van der Waals surface area contributed by atoms with E-state index in [1.807, 2.05) is 24.3 Å². The first-order valence-electron chi connectivity index (χ1n) is 10.2. The van der Waals surface area contributed by atoms with Crippen LogP contribution in [0, 0.1) is 5.82 Å². The van der Waals surface area contributed by atoms with Crippen LogP contribution in [0.4, 0.5) is 4.39 Å². The predicted molar refractivity (Wildman–Crippen MR) is 111 cm³/mol. The smallest absolute Gasteiger partial charge is 0.251 e. The minimum absolute atomic E-state index is 0.115. The van der Waals surface area contributed by atoms with Crippen molar-refractivity contribution >= 4 is 17.7 Å². The van der Waals surface area contributed by atoms with Crippen LogP contribution in [0.1, 0.15) is 28.8 Å². The van der Waals surface area contributed by atoms with Crippen LogP contribution >= 0.6 is 0 Å². The fraction of sp³-hybridized carbons (Fsp3) is 0.348. The molecule has 0 radical (unpaired) electrons. The number of methoxy groups -OCH3 is 1. The summed E-state index contributed by atoms with van der Waals surface area (Å²) in [7, 11) is 1.59. The number of halogens is 1. The highest BCUT2D eigenvalue weighted by Crippen LogP contribution is 2.24. The molecule has 0 aliphatic carbocycles. The third-order valence-electron chi connectivity index (χ3n) is 5.82. The predicted octanol–water partition coefficient (Wildman–Crippen LogP) is 1.66. The molecule has 31 heavy (non-hydrogen) atoms. The van der Waals surface area contributed by atoms with Crippen LogP contribution in [0.2, 0.25) is 0 Å². The average molecular weight is 425 g/mol. The molecule has 2 N–H and O–H groups in total. The summed E-state index contributed by atoms with van der Waals surface area (Å²) in [5, 5.41) is 5.69. The van der Waals surface area contributed by atoms with E-state index in [0.29, 0.717) is 25.8 Å². The first kappa shape index (κ1) is 20.8. The number of piperidine rings is 1. The lowest BCUT2D eigenvalue weighted by molar-refractivity contribution is -0.151. The lowest BCUT2D eigenvalue weighted by Crippen LogP contribution is -2.67. The SMILES string of the molecule is COc1ccc(C[C@@H]2NC(=O)[C@@H]3C[C@@H](NC(=O)c4cccc(F)c4)CCN3C2=O)cc1. The Hall–Kier alpha value is -3.42. The molecule has 0 unspecified atom stereocenters. The standard InChI is InChI=1S/C23H24FN3O4/c1-31-18-7-5-14(6-8-18)11-19-23(30)27-10-9-17(13-20(27)22(29)26-19)25-21(28)15-3-2-4-16(24)12-15/h2-8,12,17,19-20H,9-11,13H2,1H3,(H,25,28)(H,26,29)/t17-,19-,20-/m0/s1. The van der Waals surface area contributed by atoms with Gasteiger partial charge in [-0.25, -0.2) is 4.39 Å². The van der Waals surface area contributed by atoms with Gasteiger partial charge >= 0.3 is 0 Å². The van der Waals surface area contributed by atoms with Crippen molar-refractivity contribution in [2.24, 2.45) is 0 Å². The lowest BCUT2D eigenvalue weighted by Gasteiger charge is -2.44. The molecule has 3 atom stereocenters. The number of ether oxygens (including phenoxy) is 1. The first-order chi connectivity index (χ1) is 14.9. The maximum Gasteiger partial charge on any atom is 0.251 e. The van der Waals surface area contributed by atoms with Gasteiger partial charge in [0, 0.05) is 24.6 Å². The van der Waals surface area contributed by atoms with Crippen molar-refractivity contribution < 1.29 is 23.5 Å². The van der Waals surface area contributed by atoms with Crippen molar-refractivity contribution in [2.75, 3.05) is 13.7 Å². The third-order valence-corrected chi connectivity index (χ3v) is 5.82. The molecule has 4 rings (SSSR count). The van der Waals surface area contributed by atoms with E-state index in [2.05, 4.69) is 10.6 Å². The van der Waals surface area contributed by atoms with E-state index < -0.39 is 23.8 Å². The second kappa shape index (κ2) is 8.75. The summed E-state index contributed by atoms with van der Waals surface area (Å²) in [5.74, 6) is -0.483. The van der Waals surface area contributed by atoms with E-state index in [-0.39, 0.29) is 23.4 Å². The molecule has 2 fully saturated rings. The second-order valence-corrected chi connectivity index (χ2v) is 7.87. The number of nitrogens with zero attached hydrogens (tertiary/aromatic N) is 1. The molecule has 0 saturated carbocycles. The Morgan fingerprint density at radius 1 is 1.23 bits per heavy atom. The lowest BCUT2D eigenvalue weighted by atomic mass is 9.91. The number of hydrogen-bond donors (Lipinski definition) is 2. The monoisotopic (exact) mass is 425 g/mol. The van der Waals surface area contributed by atoms with E-state index in [0.717, 1.165) is 11.3 Å². The Morgan fingerprint density at radius 2 is 2.00 bits per heavy atom. The highest BCUT2D eigenvalue weighted by atomic mass is 19.1. The molecule has 162 valence electrons. The molecule has 2 aromatic rings. The van der Waals surface area contributed by atoms with Crippen molar-refractivity contribution in [2.45, 2.75) is 37.4 Å². The molecule has 2 aliphatic heterocycles. The molecule has 0 aromatic heterocycles. The average Bonchev–Trinajstić information content (AvgIpc) is 2.78. The minimum atomic E-state index is -0.619. The number of fused-ring (bicyclic) bond motifs is 1. The van der Waals surface area contributed by atoms with Crippen LogP contribution in [0.3, 0.4) is 0 Å². The molecule has 8 heteroatoms. The third kappa shape index (κ3) is 4.52. The Bertz CT molecular complexity index is 995. The van der Waals surface area contributed by atoms with Crippen LogP contribution in [-0.2, 0) is 16.0 Å². The Morgan fingerprint density at radius 3 is 2.71 bits per heavy atom. The maximum atomic E-state index is 13.4. The zero-order chi connectivity index (χ0) is 22.0. The summed E-state index contributed by atoms with van der Waals surface area (Å²) in [4.78, 5) is 39.7. The van der Waals surface area contributed by atoms with Gasteiger partial charge in [0.1, 0.15) is 23.7 Å². The molecule has 3 amide bonds. The van der Waals surface area contributed by atoms with Gasteiger partial charge in [0.05, 0.1) is 7.11 Å². The van der Waals surface area contributed by atoms with Gasteiger partial charge in [-0.15, -0.1) is 0 Å². The number of hydrogen-bond acceptors (Lipinski definition) is 4. The summed E-state index contributed by atoms with van der Waals surface area (Å²) in [6.45, 7) is 0.379. The van der Waals surface area contributed by atoms with E-state index in [4.69, 9.17) is 4.74 Å². The summed E-state index contributed by atoms with van der Waals surface area (Å²) in [5.41, 5.74) is 1.15. The highest BCUT2D eigenvalue weighted by molar-refractivity contribution is 5.98. The molecule has 2 aliphatic rings. The normalized spacial score (nSPS) is 23.0. The molecule has 0 bridgehead atoms. The summed E-state index contributed by atoms with van der Waals surface area (Å²) >= 11 is 0. The maximum absolute atomic E-state index is 13.4. The van der Waals surface area contributed by atoms with Crippen molar-refractivity contribution in [1.82, 2.24) is 15.5 Å². The first-order valence-corrected chi connectivity index (χ1v) is 10.2. The van der Waals surface area contributed by atoms with Gasteiger partial charge in [-0.1, -0.05) is 18.2 Å². The number of nitrogens with one attached hydrogen (secondary N) is 2. The van der Waals surface area contributed by atoms with Crippen LogP contribution in [0.25, 0.3) is 0 Å². The number of amides is 3. The quantitative estimate of drug-likeness (QED) is 0.763. The topological polar surface area (TPSA) is 87.7 Å². The molecular weight excluding hydrogens is 401 g/mol. The zero-order valence-electron chi connectivity index (χ0n) is 17.1. The van der Waals surface area contributed by atoms with E-state index in [9.17, 15) is 18.8 Å². The van der Waals surface area contributed by atoms with Gasteiger partial charge < -0.3 is 20.3 Å². The Labute approximate surface area is 179 Å². The second-order valence-electron chi connectivity index (χ2n) is 7.87. The summed E-state index contributed by atoms with van der Waals surface area (Å²) in [6.07, 6.45) is 1.26. The van der Waals surface area contributed by atoms with E-state index in [1.165, 1.54) is 24.3 Å². The van der Waals surface area contributed by atoms with Crippen LogP contribution in [0.5, 0.6) is 5.75 Å². The number of piperazine rings is 1. The molecule has 7 nitrogen and oxygen atoms in total. The fourth-order valence-corrected chi connectivity index (χ4v) is 4.17. The van der Waals surface area contributed by atoms with Gasteiger partial charge in [0.15, 0.2) is 0 Å². The Balaban J connectivity index is 1.38. The largest absolute Gasteiger partial charge is 0.497 e. The van der Waals surface area contributed by atoms with Gasteiger partial charge in [0.2, 0.25) is 11.8 Å². The van der Waals surface area contributed by atoms with Gasteiger partial charge in [-0.05, 0) is 48.7 Å². The Kier molecular flexibility index (Phi) is 5.88. The number of carbonyl (C=O) groups excluding carboxylic acids is 3.